The van der Waals surface area contributed by atoms with Crippen LogP contribution in [0.1, 0.15) is 50.8 Å². The fraction of sp³-hybridized carbons (Fsp3) is 0.455. The van der Waals surface area contributed by atoms with Crippen LogP contribution >= 0.6 is 0 Å². The fourth-order valence-corrected chi connectivity index (χ4v) is 2.97. The number of nitrogens with one attached hydrogen (secondary N) is 1. The first-order valence-electron chi connectivity index (χ1n) is 10.5. The first kappa shape index (κ1) is 23.6. The number of nitrogens with zero attached hydrogens (tertiary/aromatic N) is 5. The second kappa shape index (κ2) is 10.0. The van der Waals surface area contributed by atoms with Gasteiger partial charge in [-0.25, -0.2) is 13.8 Å². The summed E-state index contributed by atoms with van der Waals surface area (Å²) in [5, 5.41) is 15.4. The number of ether oxygens (including phenoxy) is 2. The van der Waals surface area contributed by atoms with E-state index in [1.165, 1.54) is 23.0 Å². The second-order valence-electron chi connectivity index (χ2n) is 8.17. The van der Waals surface area contributed by atoms with Crippen molar-refractivity contribution in [3.63, 3.8) is 0 Å². The van der Waals surface area contributed by atoms with Gasteiger partial charge in [-0.3, -0.25) is 4.79 Å². The number of benzene rings is 1. The maximum Gasteiger partial charge on any atom is 0.278 e. The Kier molecular flexibility index (Phi) is 7.37. The Labute approximate surface area is 186 Å². The van der Waals surface area contributed by atoms with Crippen molar-refractivity contribution in [1.82, 2.24) is 24.8 Å². The zero-order chi connectivity index (χ0) is 23.3. The first-order chi connectivity index (χ1) is 15.2. The van der Waals surface area contributed by atoms with Crippen molar-refractivity contribution in [1.29, 1.82) is 0 Å². The van der Waals surface area contributed by atoms with Crippen LogP contribution < -0.4 is 5.32 Å². The zero-order valence-electron chi connectivity index (χ0n) is 19.0. The van der Waals surface area contributed by atoms with Gasteiger partial charge in [0, 0.05) is 24.7 Å². The number of rotatable bonds is 9. The largest absolute Gasteiger partial charge is 0.351 e. The molecule has 9 nitrogen and oxygen atoms in total. The van der Waals surface area contributed by atoms with Crippen molar-refractivity contribution in [2.24, 2.45) is 0 Å². The molecule has 0 saturated carbocycles. The van der Waals surface area contributed by atoms with Gasteiger partial charge in [0.15, 0.2) is 12.0 Å². The van der Waals surface area contributed by atoms with Gasteiger partial charge in [0.25, 0.3) is 5.91 Å². The highest BCUT2D eigenvalue weighted by Crippen LogP contribution is 2.26. The Morgan fingerprint density at radius 2 is 1.81 bits per heavy atom. The Morgan fingerprint density at radius 1 is 1.16 bits per heavy atom. The molecule has 0 radical (unpaired) electrons. The predicted molar refractivity (Wildman–Crippen MR) is 117 cm³/mol. The van der Waals surface area contributed by atoms with Gasteiger partial charge in [-0.2, -0.15) is 5.10 Å². The number of carbonyl (C=O) groups is 1. The highest BCUT2D eigenvalue weighted by molar-refractivity contribution is 6.02. The van der Waals surface area contributed by atoms with E-state index in [0.717, 1.165) is 5.69 Å². The Hall–Kier alpha value is -3.11. The van der Waals surface area contributed by atoms with Gasteiger partial charge in [-0.15, -0.1) is 5.10 Å². The van der Waals surface area contributed by atoms with Crippen LogP contribution in [0, 0.1) is 5.82 Å². The van der Waals surface area contributed by atoms with Crippen molar-refractivity contribution < 1.29 is 18.7 Å². The summed E-state index contributed by atoms with van der Waals surface area (Å²) in [5.41, 5.74) is 1.29. The quantitative estimate of drug-likeness (QED) is 0.507. The molecule has 0 fully saturated rings. The van der Waals surface area contributed by atoms with Crippen molar-refractivity contribution in [2.45, 2.75) is 52.9 Å². The van der Waals surface area contributed by atoms with E-state index in [0.29, 0.717) is 31.3 Å². The Bertz CT molecular complexity index is 1030. The van der Waals surface area contributed by atoms with E-state index in [1.807, 2.05) is 34.6 Å². The molecule has 3 aromatic rings. The lowest BCUT2D eigenvalue weighted by atomic mass is 9.92. The van der Waals surface area contributed by atoms with Crippen molar-refractivity contribution >= 4 is 11.7 Å². The van der Waals surface area contributed by atoms with E-state index < -0.39 is 12.2 Å². The molecule has 0 aliphatic carbocycles. The van der Waals surface area contributed by atoms with E-state index in [1.54, 1.807) is 22.9 Å². The summed E-state index contributed by atoms with van der Waals surface area (Å²) in [6, 6.07) is 7.69. The third-order valence-electron chi connectivity index (χ3n) is 4.60. The molecule has 32 heavy (non-hydrogen) atoms. The average Bonchev–Trinajstić information content (AvgIpc) is 3.36. The van der Waals surface area contributed by atoms with E-state index >= 15 is 0 Å². The standard InChI is InChI=1S/C22H29FN6O3/c1-6-31-20(32-7-2)14-28-13-17(25-27-28)21(30)24-19-12-18(22(3,4)5)26-29(19)16-10-8-15(23)9-11-16/h8-13,20H,6-7,14H2,1-5H3,(H,24,30). The van der Waals surface area contributed by atoms with Gasteiger partial charge in [-0.05, 0) is 38.1 Å². The van der Waals surface area contributed by atoms with E-state index in [4.69, 9.17) is 9.47 Å². The van der Waals surface area contributed by atoms with Gasteiger partial charge < -0.3 is 14.8 Å². The first-order valence-corrected chi connectivity index (χ1v) is 10.5. The molecule has 3 rings (SSSR count). The number of hydrogen-bond donors (Lipinski definition) is 1. The van der Waals surface area contributed by atoms with Crippen molar-refractivity contribution in [3.05, 3.63) is 53.7 Å². The third-order valence-corrected chi connectivity index (χ3v) is 4.60. The molecular formula is C22H29FN6O3. The second-order valence-corrected chi connectivity index (χ2v) is 8.17. The number of halogens is 1. The summed E-state index contributed by atoms with van der Waals surface area (Å²) in [6.45, 7) is 11.1. The number of aromatic nitrogens is 5. The molecule has 0 atom stereocenters. The van der Waals surface area contributed by atoms with Gasteiger partial charge >= 0.3 is 0 Å². The summed E-state index contributed by atoms with van der Waals surface area (Å²) in [5.74, 6) is -0.344. The molecule has 10 heteroatoms. The van der Waals surface area contributed by atoms with E-state index in [9.17, 15) is 9.18 Å². The van der Waals surface area contributed by atoms with Gasteiger partial charge in [0.1, 0.15) is 11.6 Å². The molecule has 0 unspecified atom stereocenters. The Morgan fingerprint density at radius 3 is 2.41 bits per heavy atom. The lowest BCUT2D eigenvalue weighted by molar-refractivity contribution is -0.145. The zero-order valence-corrected chi connectivity index (χ0v) is 19.0. The van der Waals surface area contributed by atoms with E-state index in [-0.39, 0.29) is 16.9 Å². The molecular weight excluding hydrogens is 415 g/mol. The number of hydrogen-bond acceptors (Lipinski definition) is 6. The maximum atomic E-state index is 13.4. The summed E-state index contributed by atoms with van der Waals surface area (Å²) < 4.78 is 27.5. The van der Waals surface area contributed by atoms with Crippen LogP contribution in [0.15, 0.2) is 36.5 Å². The molecule has 2 heterocycles. The minimum absolute atomic E-state index is 0.140. The molecule has 0 saturated heterocycles. The summed E-state index contributed by atoms with van der Waals surface area (Å²) in [7, 11) is 0. The smallest absolute Gasteiger partial charge is 0.278 e. The van der Waals surface area contributed by atoms with Crippen LogP contribution in [0.3, 0.4) is 0 Å². The molecule has 1 amide bonds. The topological polar surface area (TPSA) is 96.1 Å². The summed E-state index contributed by atoms with van der Waals surface area (Å²) in [4.78, 5) is 12.9. The van der Waals surface area contributed by atoms with Crippen LogP contribution in [-0.2, 0) is 21.4 Å². The van der Waals surface area contributed by atoms with Gasteiger partial charge in [0.2, 0.25) is 0 Å². The molecule has 0 spiro atoms. The monoisotopic (exact) mass is 444 g/mol. The summed E-state index contributed by atoms with van der Waals surface area (Å²) in [6.07, 6.45) is 1.06. The summed E-state index contributed by atoms with van der Waals surface area (Å²) >= 11 is 0. The molecule has 1 aromatic carbocycles. The van der Waals surface area contributed by atoms with Crippen LogP contribution in [0.2, 0.25) is 0 Å². The van der Waals surface area contributed by atoms with Crippen molar-refractivity contribution in [2.75, 3.05) is 18.5 Å². The minimum atomic E-state index is -0.475. The van der Waals surface area contributed by atoms with Gasteiger partial charge in [-0.1, -0.05) is 26.0 Å². The number of amides is 1. The SMILES string of the molecule is CCOC(Cn1cc(C(=O)Nc2cc(C(C)(C)C)nn2-c2ccc(F)cc2)nn1)OCC. The minimum Gasteiger partial charge on any atom is -0.351 e. The van der Waals surface area contributed by atoms with Crippen LogP contribution in [-0.4, -0.2) is 50.2 Å². The molecule has 0 bridgehead atoms. The molecule has 1 N–H and O–H groups in total. The average molecular weight is 445 g/mol. The lowest BCUT2D eigenvalue weighted by Gasteiger charge is -2.16. The molecule has 0 aliphatic rings. The highest BCUT2D eigenvalue weighted by atomic mass is 19.1. The lowest BCUT2D eigenvalue weighted by Crippen LogP contribution is -2.24. The van der Waals surface area contributed by atoms with Crippen LogP contribution in [0.4, 0.5) is 10.2 Å². The highest BCUT2D eigenvalue weighted by Gasteiger charge is 2.23. The fourth-order valence-electron chi connectivity index (χ4n) is 2.97. The molecule has 0 aliphatic heterocycles. The van der Waals surface area contributed by atoms with Crippen LogP contribution in [0.5, 0.6) is 0 Å². The normalized spacial score (nSPS) is 11.8. The van der Waals surface area contributed by atoms with E-state index in [2.05, 4.69) is 20.7 Å². The van der Waals surface area contributed by atoms with Crippen LogP contribution in [0.25, 0.3) is 5.69 Å². The predicted octanol–water partition coefficient (Wildman–Crippen LogP) is 3.55. The van der Waals surface area contributed by atoms with Gasteiger partial charge in [0.05, 0.1) is 24.1 Å². The number of carbonyl (C=O) groups excluding carboxylic acids is 1. The Balaban J connectivity index is 1.82. The molecule has 172 valence electrons. The third kappa shape index (κ3) is 5.77. The maximum absolute atomic E-state index is 13.4. The molecule has 2 aromatic heterocycles. The number of anilines is 1. The van der Waals surface area contributed by atoms with Crippen molar-refractivity contribution in [3.8, 4) is 5.69 Å².